The van der Waals surface area contributed by atoms with Crippen molar-refractivity contribution in [1.82, 2.24) is 15.3 Å². The topological polar surface area (TPSA) is 37.8 Å². The predicted octanol–water partition coefficient (Wildman–Crippen LogP) is 3.06. The van der Waals surface area contributed by atoms with Crippen LogP contribution in [-0.2, 0) is 0 Å². The molecule has 1 saturated heterocycles. The number of hydrogen-bond acceptors (Lipinski definition) is 3. The molecule has 104 valence electrons. The standard InChI is InChI=1S/C16H18FN3/c1-11-19-15(12-6-8-18-9-7-12)10-16(20-11)13-4-2-3-5-14(13)17/h2-5,10,12,18H,6-9H2,1H3. The molecule has 0 aliphatic carbocycles. The highest BCUT2D eigenvalue weighted by Crippen LogP contribution is 2.28. The monoisotopic (exact) mass is 271 g/mol. The van der Waals surface area contributed by atoms with Crippen LogP contribution in [0.15, 0.2) is 30.3 Å². The van der Waals surface area contributed by atoms with Gasteiger partial charge in [-0.25, -0.2) is 14.4 Å². The van der Waals surface area contributed by atoms with E-state index in [2.05, 4.69) is 15.3 Å². The average molecular weight is 271 g/mol. The van der Waals surface area contributed by atoms with Crippen molar-refractivity contribution in [2.24, 2.45) is 0 Å². The van der Waals surface area contributed by atoms with E-state index >= 15 is 0 Å². The first-order valence-corrected chi connectivity index (χ1v) is 7.05. The summed E-state index contributed by atoms with van der Waals surface area (Å²) in [6.45, 7) is 3.90. The van der Waals surface area contributed by atoms with Crippen molar-refractivity contribution in [3.63, 3.8) is 0 Å². The number of halogens is 1. The van der Waals surface area contributed by atoms with Gasteiger partial charge in [-0.2, -0.15) is 0 Å². The second kappa shape index (κ2) is 5.67. The maximum Gasteiger partial charge on any atom is 0.132 e. The van der Waals surface area contributed by atoms with Crippen molar-refractivity contribution in [2.45, 2.75) is 25.7 Å². The van der Waals surface area contributed by atoms with E-state index in [1.54, 1.807) is 12.1 Å². The molecule has 4 heteroatoms. The van der Waals surface area contributed by atoms with E-state index in [9.17, 15) is 4.39 Å². The fourth-order valence-corrected chi connectivity index (χ4v) is 2.72. The van der Waals surface area contributed by atoms with Crippen molar-refractivity contribution >= 4 is 0 Å². The number of piperidine rings is 1. The molecule has 0 atom stereocenters. The van der Waals surface area contributed by atoms with Crippen LogP contribution in [0.1, 0.15) is 30.3 Å². The molecule has 1 aliphatic heterocycles. The summed E-state index contributed by atoms with van der Waals surface area (Å²) < 4.78 is 13.9. The third-order valence-electron chi connectivity index (χ3n) is 3.76. The second-order valence-corrected chi connectivity index (χ2v) is 5.23. The van der Waals surface area contributed by atoms with Gasteiger partial charge in [0.25, 0.3) is 0 Å². The maximum atomic E-state index is 13.9. The number of aryl methyl sites for hydroxylation is 1. The van der Waals surface area contributed by atoms with E-state index in [0.29, 0.717) is 23.0 Å². The van der Waals surface area contributed by atoms with Crippen LogP contribution in [0.25, 0.3) is 11.3 Å². The van der Waals surface area contributed by atoms with Crippen LogP contribution in [-0.4, -0.2) is 23.1 Å². The van der Waals surface area contributed by atoms with Gasteiger partial charge in [0.05, 0.1) is 5.69 Å². The lowest BCUT2D eigenvalue weighted by Gasteiger charge is -2.22. The highest BCUT2D eigenvalue weighted by Gasteiger charge is 2.18. The summed E-state index contributed by atoms with van der Waals surface area (Å²) >= 11 is 0. The summed E-state index contributed by atoms with van der Waals surface area (Å²) in [5.74, 6) is 0.921. The highest BCUT2D eigenvalue weighted by atomic mass is 19.1. The molecule has 1 N–H and O–H groups in total. The average Bonchev–Trinajstić information content (AvgIpc) is 2.48. The molecule has 20 heavy (non-hydrogen) atoms. The Morgan fingerprint density at radius 2 is 1.90 bits per heavy atom. The molecule has 3 rings (SSSR count). The minimum Gasteiger partial charge on any atom is -0.317 e. The number of nitrogens with one attached hydrogen (secondary N) is 1. The van der Waals surface area contributed by atoms with Gasteiger partial charge in [0.15, 0.2) is 0 Å². The molecule has 1 aromatic carbocycles. The summed E-state index contributed by atoms with van der Waals surface area (Å²) in [5, 5.41) is 3.35. The third-order valence-corrected chi connectivity index (χ3v) is 3.76. The number of benzene rings is 1. The van der Waals surface area contributed by atoms with Gasteiger partial charge in [-0.15, -0.1) is 0 Å². The van der Waals surface area contributed by atoms with Crippen molar-refractivity contribution in [3.05, 3.63) is 47.7 Å². The van der Waals surface area contributed by atoms with Gasteiger partial charge < -0.3 is 5.32 Å². The molecule has 1 fully saturated rings. The maximum absolute atomic E-state index is 13.9. The molecule has 3 nitrogen and oxygen atoms in total. The van der Waals surface area contributed by atoms with Crippen LogP contribution in [0.5, 0.6) is 0 Å². The molecule has 0 radical (unpaired) electrons. The Balaban J connectivity index is 2.00. The van der Waals surface area contributed by atoms with E-state index < -0.39 is 0 Å². The largest absolute Gasteiger partial charge is 0.317 e. The van der Waals surface area contributed by atoms with Crippen LogP contribution in [0, 0.1) is 12.7 Å². The lowest BCUT2D eigenvalue weighted by Crippen LogP contribution is -2.27. The van der Waals surface area contributed by atoms with E-state index in [1.807, 2.05) is 19.1 Å². The zero-order valence-corrected chi connectivity index (χ0v) is 11.6. The van der Waals surface area contributed by atoms with Gasteiger partial charge >= 0.3 is 0 Å². The fourth-order valence-electron chi connectivity index (χ4n) is 2.72. The first-order chi connectivity index (χ1) is 9.74. The Kier molecular flexibility index (Phi) is 3.74. The number of rotatable bonds is 2. The van der Waals surface area contributed by atoms with E-state index in [1.165, 1.54) is 6.07 Å². The van der Waals surface area contributed by atoms with Gasteiger partial charge in [-0.1, -0.05) is 12.1 Å². The summed E-state index contributed by atoms with van der Waals surface area (Å²) in [6.07, 6.45) is 2.15. The van der Waals surface area contributed by atoms with Crippen molar-refractivity contribution in [2.75, 3.05) is 13.1 Å². The molecule has 0 bridgehead atoms. The van der Waals surface area contributed by atoms with E-state index in [-0.39, 0.29) is 5.82 Å². The lowest BCUT2D eigenvalue weighted by atomic mass is 9.93. The van der Waals surface area contributed by atoms with Crippen LogP contribution >= 0.6 is 0 Å². The Morgan fingerprint density at radius 1 is 1.15 bits per heavy atom. The van der Waals surface area contributed by atoms with Crippen molar-refractivity contribution < 1.29 is 4.39 Å². The smallest absolute Gasteiger partial charge is 0.132 e. The second-order valence-electron chi connectivity index (χ2n) is 5.23. The van der Waals surface area contributed by atoms with E-state index in [0.717, 1.165) is 31.6 Å². The van der Waals surface area contributed by atoms with Crippen molar-refractivity contribution in [3.8, 4) is 11.3 Å². The summed E-state index contributed by atoms with van der Waals surface area (Å²) in [7, 11) is 0. The molecule has 2 aromatic rings. The minimum absolute atomic E-state index is 0.234. The molecule has 1 aliphatic rings. The zero-order chi connectivity index (χ0) is 13.9. The Hall–Kier alpha value is -1.81. The quantitative estimate of drug-likeness (QED) is 0.912. The summed E-state index contributed by atoms with van der Waals surface area (Å²) in [5.41, 5.74) is 2.27. The Bertz CT molecular complexity index is 606. The lowest BCUT2D eigenvalue weighted by molar-refractivity contribution is 0.452. The fraction of sp³-hybridized carbons (Fsp3) is 0.375. The first kappa shape index (κ1) is 13.2. The van der Waals surface area contributed by atoms with Crippen LogP contribution in [0.3, 0.4) is 0 Å². The highest BCUT2D eigenvalue weighted by molar-refractivity contribution is 5.60. The van der Waals surface area contributed by atoms with Gasteiger partial charge in [0, 0.05) is 17.2 Å². The molecular weight excluding hydrogens is 253 g/mol. The molecular formula is C16H18FN3. The predicted molar refractivity (Wildman–Crippen MR) is 77.0 cm³/mol. The SMILES string of the molecule is Cc1nc(-c2ccccc2F)cc(C2CCNCC2)n1. The van der Waals surface area contributed by atoms with Crippen LogP contribution in [0.2, 0.25) is 0 Å². The van der Waals surface area contributed by atoms with E-state index in [4.69, 9.17) is 0 Å². The van der Waals surface area contributed by atoms with Crippen molar-refractivity contribution in [1.29, 1.82) is 0 Å². The number of nitrogens with zero attached hydrogens (tertiary/aromatic N) is 2. The summed E-state index contributed by atoms with van der Waals surface area (Å²) in [6, 6.07) is 8.71. The molecule has 0 spiro atoms. The normalized spacial score (nSPS) is 16.3. The van der Waals surface area contributed by atoms with Crippen LogP contribution in [0.4, 0.5) is 4.39 Å². The molecule has 0 unspecified atom stereocenters. The molecule has 2 heterocycles. The number of hydrogen-bond donors (Lipinski definition) is 1. The Labute approximate surface area is 118 Å². The van der Waals surface area contributed by atoms with Gasteiger partial charge in [-0.3, -0.25) is 0 Å². The summed E-state index contributed by atoms with van der Waals surface area (Å²) in [4.78, 5) is 8.94. The van der Waals surface area contributed by atoms with Gasteiger partial charge in [0.2, 0.25) is 0 Å². The molecule has 0 amide bonds. The zero-order valence-electron chi connectivity index (χ0n) is 11.6. The van der Waals surface area contributed by atoms with Gasteiger partial charge in [0.1, 0.15) is 11.6 Å². The number of aromatic nitrogens is 2. The Morgan fingerprint density at radius 3 is 2.65 bits per heavy atom. The minimum atomic E-state index is -0.234. The molecule has 1 aromatic heterocycles. The molecule has 0 saturated carbocycles. The van der Waals surface area contributed by atoms with Gasteiger partial charge in [-0.05, 0) is 51.1 Å². The first-order valence-electron chi connectivity index (χ1n) is 7.05. The van der Waals surface area contributed by atoms with Crippen LogP contribution < -0.4 is 5.32 Å². The third kappa shape index (κ3) is 2.70.